The highest BCUT2D eigenvalue weighted by atomic mass is 32.1. The van der Waals surface area contributed by atoms with Crippen LogP contribution in [0, 0.1) is 11.3 Å². The summed E-state index contributed by atoms with van der Waals surface area (Å²) in [4.78, 5) is 14.3. The van der Waals surface area contributed by atoms with Gasteiger partial charge in [-0.05, 0) is 24.0 Å². The highest BCUT2D eigenvalue weighted by Gasteiger charge is 2.51. The van der Waals surface area contributed by atoms with Crippen LogP contribution in [0.5, 0.6) is 0 Å². The highest BCUT2D eigenvalue weighted by molar-refractivity contribution is 7.80. The van der Waals surface area contributed by atoms with E-state index < -0.39 is 0 Å². The lowest BCUT2D eigenvalue weighted by Crippen LogP contribution is -2.31. The van der Waals surface area contributed by atoms with Crippen LogP contribution in [0.15, 0.2) is 24.3 Å². The van der Waals surface area contributed by atoms with E-state index in [-0.39, 0.29) is 17.2 Å². The molecule has 2 N–H and O–H groups in total. The maximum atomic E-state index is 12.3. The van der Waals surface area contributed by atoms with Gasteiger partial charge in [0.2, 0.25) is 5.91 Å². The molecule has 1 saturated carbocycles. The fraction of sp³-hybridized carbons (Fsp3) is 0.429. The minimum atomic E-state index is 0.113. The van der Waals surface area contributed by atoms with E-state index in [4.69, 9.17) is 18.0 Å². The quantitative estimate of drug-likeness (QED) is 0.850. The zero-order valence-electron chi connectivity index (χ0n) is 10.9. The molecule has 1 aromatic carbocycles. The van der Waals surface area contributed by atoms with Crippen molar-refractivity contribution in [2.75, 3.05) is 11.9 Å². The lowest BCUT2D eigenvalue weighted by molar-refractivity contribution is -0.120. The summed E-state index contributed by atoms with van der Waals surface area (Å²) in [5.41, 5.74) is 7.36. The Morgan fingerprint density at radius 1 is 1.44 bits per heavy atom. The lowest BCUT2D eigenvalue weighted by atomic mass is 10.1. The molecule has 2 rings (SSSR count). The number of nitrogens with zero attached hydrogens (tertiary/aromatic N) is 1. The van der Waals surface area contributed by atoms with E-state index in [2.05, 4.69) is 13.8 Å². The number of anilines is 1. The average molecular weight is 262 g/mol. The van der Waals surface area contributed by atoms with Crippen molar-refractivity contribution in [2.45, 2.75) is 20.3 Å². The second-order valence-electron chi connectivity index (χ2n) is 5.52. The van der Waals surface area contributed by atoms with Gasteiger partial charge >= 0.3 is 0 Å². The van der Waals surface area contributed by atoms with E-state index in [1.807, 2.05) is 24.3 Å². The number of amides is 1. The molecule has 1 aromatic rings. The number of carbonyl (C=O) groups is 1. The van der Waals surface area contributed by atoms with Crippen molar-refractivity contribution in [1.29, 1.82) is 0 Å². The number of rotatable bonds is 3. The highest BCUT2D eigenvalue weighted by Crippen LogP contribution is 2.52. The zero-order valence-corrected chi connectivity index (χ0v) is 11.8. The third-order valence-corrected chi connectivity index (χ3v) is 3.89. The zero-order chi connectivity index (χ0) is 13.5. The maximum Gasteiger partial charge on any atom is 0.230 e. The van der Waals surface area contributed by atoms with Gasteiger partial charge in [0.05, 0.1) is 5.69 Å². The number of hydrogen-bond donors (Lipinski definition) is 1. The van der Waals surface area contributed by atoms with Crippen molar-refractivity contribution in [3.8, 4) is 0 Å². The predicted octanol–water partition coefficient (Wildman–Crippen LogP) is 2.33. The van der Waals surface area contributed by atoms with Crippen LogP contribution in [0.4, 0.5) is 5.69 Å². The molecule has 0 saturated heterocycles. The fourth-order valence-corrected chi connectivity index (χ4v) is 2.39. The second kappa shape index (κ2) is 4.35. The third kappa shape index (κ3) is 2.25. The van der Waals surface area contributed by atoms with Crippen LogP contribution in [-0.2, 0) is 4.79 Å². The molecule has 0 heterocycles. The first-order valence-electron chi connectivity index (χ1n) is 6.01. The molecule has 1 aliphatic carbocycles. The topological polar surface area (TPSA) is 46.3 Å². The molecule has 96 valence electrons. The van der Waals surface area contributed by atoms with Crippen molar-refractivity contribution >= 4 is 28.8 Å². The number of benzene rings is 1. The van der Waals surface area contributed by atoms with Crippen molar-refractivity contribution in [3.05, 3.63) is 29.8 Å². The van der Waals surface area contributed by atoms with Gasteiger partial charge in [0.25, 0.3) is 0 Å². The molecule has 4 heteroatoms. The van der Waals surface area contributed by atoms with Crippen molar-refractivity contribution < 1.29 is 4.79 Å². The minimum Gasteiger partial charge on any atom is -0.389 e. The van der Waals surface area contributed by atoms with Gasteiger partial charge in [-0.2, -0.15) is 0 Å². The van der Waals surface area contributed by atoms with Gasteiger partial charge in [0.1, 0.15) is 4.99 Å². The van der Waals surface area contributed by atoms with E-state index in [1.54, 1.807) is 11.9 Å². The van der Waals surface area contributed by atoms with Gasteiger partial charge in [-0.25, -0.2) is 0 Å². The summed E-state index contributed by atoms with van der Waals surface area (Å²) in [6.45, 7) is 4.23. The van der Waals surface area contributed by atoms with E-state index in [1.165, 1.54) is 0 Å². The summed E-state index contributed by atoms with van der Waals surface area (Å²) in [7, 11) is 1.79. The van der Waals surface area contributed by atoms with Crippen molar-refractivity contribution in [2.24, 2.45) is 17.1 Å². The van der Waals surface area contributed by atoms with Gasteiger partial charge in [-0.1, -0.05) is 38.2 Å². The van der Waals surface area contributed by atoms with Crippen LogP contribution < -0.4 is 10.6 Å². The van der Waals surface area contributed by atoms with Crippen LogP contribution in [-0.4, -0.2) is 17.9 Å². The smallest absolute Gasteiger partial charge is 0.230 e. The SMILES string of the molecule is CN(C(=O)C1CC1(C)C)c1ccccc1C(N)=S. The molecular weight excluding hydrogens is 244 g/mol. The molecule has 1 aliphatic rings. The van der Waals surface area contributed by atoms with Crippen molar-refractivity contribution in [1.82, 2.24) is 0 Å². The Morgan fingerprint density at radius 2 is 2.00 bits per heavy atom. The van der Waals surface area contributed by atoms with Crippen LogP contribution in [0.2, 0.25) is 0 Å². The van der Waals surface area contributed by atoms with Gasteiger partial charge in [-0.3, -0.25) is 4.79 Å². The number of nitrogens with two attached hydrogens (primary N) is 1. The van der Waals surface area contributed by atoms with Crippen LogP contribution in [0.25, 0.3) is 0 Å². The Morgan fingerprint density at radius 3 is 2.50 bits per heavy atom. The normalized spacial score (nSPS) is 20.3. The fourth-order valence-electron chi connectivity index (χ4n) is 2.22. The van der Waals surface area contributed by atoms with E-state index >= 15 is 0 Å². The maximum absolute atomic E-state index is 12.3. The molecule has 1 atom stereocenters. The summed E-state index contributed by atoms with van der Waals surface area (Å²) < 4.78 is 0. The Labute approximate surface area is 113 Å². The van der Waals surface area contributed by atoms with E-state index in [9.17, 15) is 4.79 Å². The van der Waals surface area contributed by atoms with Gasteiger partial charge in [0, 0.05) is 18.5 Å². The van der Waals surface area contributed by atoms with Gasteiger partial charge in [-0.15, -0.1) is 0 Å². The molecule has 18 heavy (non-hydrogen) atoms. The third-order valence-electron chi connectivity index (χ3n) is 3.67. The van der Waals surface area contributed by atoms with Crippen LogP contribution >= 0.6 is 12.2 Å². The molecule has 0 bridgehead atoms. The first kappa shape index (κ1) is 13.0. The molecule has 1 amide bonds. The van der Waals surface area contributed by atoms with E-state index in [0.717, 1.165) is 17.7 Å². The summed E-state index contributed by atoms with van der Waals surface area (Å²) in [6.07, 6.45) is 0.950. The van der Waals surface area contributed by atoms with Crippen molar-refractivity contribution in [3.63, 3.8) is 0 Å². The second-order valence-corrected chi connectivity index (χ2v) is 5.96. The summed E-state index contributed by atoms with van der Waals surface area (Å²) in [6, 6.07) is 7.48. The molecular formula is C14H18N2OS. The Kier molecular flexibility index (Phi) is 3.15. The van der Waals surface area contributed by atoms with E-state index in [0.29, 0.717) is 4.99 Å². The minimum absolute atomic E-state index is 0.113. The number of para-hydroxylation sites is 1. The first-order valence-corrected chi connectivity index (χ1v) is 6.42. The average Bonchev–Trinajstić information content (AvgIpc) is 2.96. The van der Waals surface area contributed by atoms with Gasteiger partial charge in [0.15, 0.2) is 0 Å². The lowest BCUT2D eigenvalue weighted by Gasteiger charge is -2.21. The Bertz CT molecular complexity index is 510. The molecule has 1 unspecified atom stereocenters. The Balaban J connectivity index is 2.27. The number of carbonyl (C=O) groups excluding carboxylic acids is 1. The van der Waals surface area contributed by atoms with Crippen LogP contribution in [0.3, 0.4) is 0 Å². The predicted molar refractivity (Wildman–Crippen MR) is 77.6 cm³/mol. The first-order chi connectivity index (χ1) is 8.34. The molecule has 3 nitrogen and oxygen atoms in total. The summed E-state index contributed by atoms with van der Waals surface area (Å²) in [5, 5.41) is 0. The monoisotopic (exact) mass is 262 g/mol. The number of thiocarbonyl (C=S) groups is 1. The molecule has 0 aromatic heterocycles. The molecule has 0 aliphatic heterocycles. The molecule has 0 radical (unpaired) electrons. The molecule has 0 spiro atoms. The van der Waals surface area contributed by atoms with Gasteiger partial charge < -0.3 is 10.6 Å². The largest absolute Gasteiger partial charge is 0.389 e. The standard InChI is InChI=1S/C14H18N2OS/c1-14(2)8-10(14)13(17)16(3)11-7-5-4-6-9(11)12(15)18/h4-7,10H,8H2,1-3H3,(H2,15,18). The molecule has 1 fully saturated rings. The summed E-state index contributed by atoms with van der Waals surface area (Å²) >= 11 is 5.02. The Hall–Kier alpha value is -1.42. The summed E-state index contributed by atoms with van der Waals surface area (Å²) in [5.74, 6) is 0.255. The van der Waals surface area contributed by atoms with Crippen LogP contribution in [0.1, 0.15) is 25.8 Å². The number of hydrogen-bond acceptors (Lipinski definition) is 2.